The van der Waals surface area contributed by atoms with E-state index in [-0.39, 0.29) is 11.9 Å². The molecule has 96 valence electrons. The Balaban J connectivity index is 2.73. The zero-order valence-corrected chi connectivity index (χ0v) is 11.7. The molecule has 0 aromatic heterocycles. The molecule has 0 saturated heterocycles. The fraction of sp³-hybridized carbons (Fsp3) is 0.571. The number of hydrogen-bond acceptors (Lipinski definition) is 2. The Hall–Kier alpha value is -0.540. The van der Waals surface area contributed by atoms with Crippen molar-refractivity contribution >= 4 is 11.8 Å². The van der Waals surface area contributed by atoms with Gasteiger partial charge >= 0.3 is 0 Å². The summed E-state index contributed by atoms with van der Waals surface area (Å²) in [4.78, 5) is 1.07. The van der Waals surface area contributed by atoms with Gasteiger partial charge in [0.25, 0.3) is 0 Å². The zero-order valence-electron chi connectivity index (χ0n) is 10.9. The molecule has 1 aromatic rings. The predicted molar refractivity (Wildman–Crippen MR) is 74.1 cm³/mol. The van der Waals surface area contributed by atoms with Crippen molar-refractivity contribution < 1.29 is 4.39 Å². The summed E-state index contributed by atoms with van der Waals surface area (Å²) in [6.07, 6.45) is 3.67. The second-order valence-corrected chi connectivity index (χ2v) is 5.35. The molecule has 0 heterocycles. The van der Waals surface area contributed by atoms with Gasteiger partial charge in [0.15, 0.2) is 0 Å². The van der Waals surface area contributed by atoms with Gasteiger partial charge in [0.05, 0.1) is 0 Å². The number of halogens is 1. The monoisotopic (exact) mass is 255 g/mol. The third-order valence-corrected chi connectivity index (χ3v) is 4.04. The van der Waals surface area contributed by atoms with Gasteiger partial charge in [-0.3, -0.25) is 0 Å². The molecule has 1 atom stereocenters. The minimum Gasteiger partial charge on any atom is -0.313 e. The van der Waals surface area contributed by atoms with Crippen molar-refractivity contribution in [3.63, 3.8) is 0 Å². The summed E-state index contributed by atoms with van der Waals surface area (Å²) in [5.74, 6) is 0.966. The molecule has 0 spiro atoms. The maximum Gasteiger partial charge on any atom is 0.129 e. The van der Waals surface area contributed by atoms with Crippen LogP contribution < -0.4 is 5.32 Å². The quantitative estimate of drug-likeness (QED) is 0.573. The number of thioether (sulfide) groups is 1. The Labute approximate surface area is 108 Å². The van der Waals surface area contributed by atoms with E-state index in [2.05, 4.69) is 12.2 Å². The second kappa shape index (κ2) is 7.72. The molecule has 3 heteroatoms. The predicted octanol–water partition coefficient (Wildman–Crippen LogP) is 4.39. The van der Waals surface area contributed by atoms with Crippen molar-refractivity contribution in [1.29, 1.82) is 0 Å². The molecule has 0 aliphatic heterocycles. The molecule has 1 N–H and O–H groups in total. The molecule has 1 aromatic carbocycles. The van der Waals surface area contributed by atoms with Crippen LogP contribution in [0, 0.1) is 5.82 Å². The maximum atomic E-state index is 13.8. The summed E-state index contributed by atoms with van der Waals surface area (Å²) >= 11 is 1.76. The highest BCUT2D eigenvalue weighted by atomic mass is 32.2. The number of nitrogens with one attached hydrogen (secondary N) is 1. The highest BCUT2D eigenvalue weighted by Crippen LogP contribution is 2.30. The topological polar surface area (TPSA) is 12.0 Å². The van der Waals surface area contributed by atoms with Crippen LogP contribution in [0.1, 0.15) is 44.7 Å². The average Bonchev–Trinajstić information content (AvgIpc) is 2.34. The molecule has 17 heavy (non-hydrogen) atoms. The van der Waals surface area contributed by atoms with Crippen molar-refractivity contribution in [2.24, 2.45) is 0 Å². The summed E-state index contributed by atoms with van der Waals surface area (Å²) in [5, 5.41) is 3.11. The lowest BCUT2D eigenvalue weighted by Crippen LogP contribution is -2.15. The molecule has 0 amide bonds. The van der Waals surface area contributed by atoms with Crippen LogP contribution in [0.4, 0.5) is 4.39 Å². The second-order valence-electron chi connectivity index (χ2n) is 4.22. The van der Waals surface area contributed by atoms with E-state index >= 15 is 0 Å². The Bertz CT molecular complexity index is 341. The largest absolute Gasteiger partial charge is 0.313 e. The van der Waals surface area contributed by atoms with Crippen LogP contribution in [0.25, 0.3) is 0 Å². The van der Waals surface area contributed by atoms with Crippen LogP contribution in [-0.4, -0.2) is 12.8 Å². The third-order valence-electron chi connectivity index (χ3n) is 2.88. The molecule has 0 aliphatic rings. The van der Waals surface area contributed by atoms with E-state index < -0.39 is 0 Å². The van der Waals surface area contributed by atoms with Gasteiger partial charge in [-0.05, 0) is 38.3 Å². The Morgan fingerprint density at radius 1 is 1.35 bits per heavy atom. The number of rotatable bonds is 7. The van der Waals surface area contributed by atoms with Crippen molar-refractivity contribution in [3.05, 3.63) is 29.6 Å². The Morgan fingerprint density at radius 2 is 2.12 bits per heavy atom. The third kappa shape index (κ3) is 4.32. The first-order valence-corrected chi connectivity index (χ1v) is 7.27. The van der Waals surface area contributed by atoms with Gasteiger partial charge in [0.2, 0.25) is 0 Å². The smallest absolute Gasteiger partial charge is 0.129 e. The van der Waals surface area contributed by atoms with E-state index in [1.807, 2.05) is 20.0 Å². The van der Waals surface area contributed by atoms with Crippen molar-refractivity contribution in [2.45, 2.75) is 44.0 Å². The zero-order chi connectivity index (χ0) is 12.7. The van der Waals surface area contributed by atoms with Crippen LogP contribution in [0.3, 0.4) is 0 Å². The highest BCUT2D eigenvalue weighted by molar-refractivity contribution is 7.99. The van der Waals surface area contributed by atoms with Crippen molar-refractivity contribution in [1.82, 2.24) is 5.32 Å². The lowest BCUT2D eigenvalue weighted by atomic mass is 10.1. The maximum absolute atomic E-state index is 13.8. The van der Waals surface area contributed by atoms with Gasteiger partial charge in [-0.25, -0.2) is 4.39 Å². The summed E-state index contributed by atoms with van der Waals surface area (Å²) < 4.78 is 13.8. The van der Waals surface area contributed by atoms with Crippen LogP contribution in [-0.2, 0) is 0 Å². The highest BCUT2D eigenvalue weighted by Gasteiger charge is 2.14. The van der Waals surface area contributed by atoms with Gasteiger partial charge in [-0.15, -0.1) is 11.8 Å². The van der Waals surface area contributed by atoms with E-state index in [0.29, 0.717) is 0 Å². The number of benzene rings is 1. The lowest BCUT2D eigenvalue weighted by molar-refractivity contribution is 0.552. The van der Waals surface area contributed by atoms with E-state index in [1.165, 1.54) is 19.3 Å². The summed E-state index contributed by atoms with van der Waals surface area (Å²) in [6.45, 7) is 4.19. The minimum atomic E-state index is -0.104. The summed E-state index contributed by atoms with van der Waals surface area (Å²) in [5.41, 5.74) is 0.802. The van der Waals surface area contributed by atoms with Crippen LogP contribution in [0.2, 0.25) is 0 Å². The molecule has 0 saturated carbocycles. The van der Waals surface area contributed by atoms with Gasteiger partial charge in [-0.2, -0.15) is 0 Å². The average molecular weight is 255 g/mol. The lowest BCUT2D eigenvalue weighted by Gasteiger charge is -2.16. The van der Waals surface area contributed by atoms with E-state index in [0.717, 1.165) is 16.2 Å². The molecule has 0 aliphatic carbocycles. The number of unbranched alkanes of at least 4 members (excludes halogenated alkanes) is 2. The standard InChI is InChI=1S/C14H22FNS/c1-4-5-6-10-17-13-9-7-8-12(15)14(13)11(2)16-3/h7-9,11,16H,4-6,10H2,1-3H3. The first-order valence-electron chi connectivity index (χ1n) is 6.29. The Kier molecular flexibility index (Phi) is 6.60. The number of hydrogen-bond donors (Lipinski definition) is 1. The van der Waals surface area contributed by atoms with Crippen molar-refractivity contribution in [2.75, 3.05) is 12.8 Å². The van der Waals surface area contributed by atoms with Crippen molar-refractivity contribution in [3.8, 4) is 0 Å². The molecule has 0 bridgehead atoms. The summed E-state index contributed by atoms with van der Waals surface area (Å²) in [6, 6.07) is 5.41. The van der Waals surface area contributed by atoms with Gasteiger partial charge in [0.1, 0.15) is 5.82 Å². The van der Waals surface area contributed by atoms with Crippen LogP contribution in [0.15, 0.2) is 23.1 Å². The van der Waals surface area contributed by atoms with Crippen LogP contribution in [0.5, 0.6) is 0 Å². The van der Waals surface area contributed by atoms with Gasteiger partial charge in [0, 0.05) is 16.5 Å². The fourth-order valence-electron chi connectivity index (χ4n) is 1.74. The fourth-order valence-corrected chi connectivity index (χ4v) is 2.91. The normalized spacial score (nSPS) is 12.7. The van der Waals surface area contributed by atoms with E-state index in [4.69, 9.17) is 0 Å². The van der Waals surface area contributed by atoms with Crippen LogP contribution >= 0.6 is 11.8 Å². The molecule has 0 fully saturated rings. The minimum absolute atomic E-state index is 0.0601. The molecule has 1 nitrogen and oxygen atoms in total. The molecule has 1 rings (SSSR count). The molecule has 1 unspecified atom stereocenters. The first-order chi connectivity index (χ1) is 8.20. The Morgan fingerprint density at radius 3 is 2.76 bits per heavy atom. The first kappa shape index (κ1) is 14.5. The molecular weight excluding hydrogens is 233 g/mol. The molecule has 0 radical (unpaired) electrons. The van der Waals surface area contributed by atoms with E-state index in [1.54, 1.807) is 23.9 Å². The van der Waals surface area contributed by atoms with E-state index in [9.17, 15) is 4.39 Å². The molecular formula is C14H22FNS. The van der Waals surface area contributed by atoms with Gasteiger partial charge in [-0.1, -0.05) is 25.8 Å². The summed E-state index contributed by atoms with van der Waals surface area (Å²) in [7, 11) is 1.86. The SMILES string of the molecule is CCCCCSc1cccc(F)c1C(C)NC. The van der Waals surface area contributed by atoms with Gasteiger partial charge < -0.3 is 5.32 Å².